The smallest absolute Gasteiger partial charge is 0.125 e. The number of ether oxygens (including phenoxy) is 1. The molecule has 2 aromatic rings. The number of hydrogen-bond acceptors (Lipinski definition) is 3. The van der Waals surface area contributed by atoms with Gasteiger partial charge in [-0.05, 0) is 36.7 Å². The highest BCUT2D eigenvalue weighted by Crippen LogP contribution is 2.32. The van der Waals surface area contributed by atoms with E-state index in [1.807, 2.05) is 24.5 Å². The van der Waals surface area contributed by atoms with Gasteiger partial charge in [0.1, 0.15) is 5.75 Å². The third-order valence-electron chi connectivity index (χ3n) is 3.14. The van der Waals surface area contributed by atoms with Crippen LogP contribution in [0.25, 0.3) is 0 Å². The van der Waals surface area contributed by atoms with Gasteiger partial charge in [-0.1, -0.05) is 35.0 Å². The van der Waals surface area contributed by atoms with E-state index in [9.17, 15) is 0 Å². The number of nitrogens with one attached hydrogen (secondary N) is 1. The normalized spacial score (nSPS) is 12.2. The minimum absolute atomic E-state index is 0.0791. The van der Waals surface area contributed by atoms with Gasteiger partial charge in [0.05, 0.1) is 13.2 Å². The Hall–Kier alpha value is -1.39. The Morgan fingerprint density at radius 1 is 1.30 bits per heavy atom. The number of halogens is 1. The van der Waals surface area contributed by atoms with Crippen LogP contribution in [0.3, 0.4) is 0 Å². The van der Waals surface area contributed by atoms with E-state index >= 15 is 0 Å². The molecule has 0 saturated heterocycles. The van der Waals surface area contributed by atoms with Gasteiger partial charge >= 0.3 is 0 Å². The average Bonchev–Trinajstić information content (AvgIpc) is 2.45. The van der Waals surface area contributed by atoms with E-state index in [1.165, 1.54) is 0 Å². The third-order valence-corrected chi connectivity index (χ3v) is 3.64. The van der Waals surface area contributed by atoms with Crippen molar-refractivity contribution in [2.75, 3.05) is 13.7 Å². The summed E-state index contributed by atoms with van der Waals surface area (Å²) in [5, 5.41) is 3.50. The SMILES string of the molecule is CCNC(c1cncc(C)c1)c1ccc(Br)cc1OC. The molecule has 0 spiro atoms. The molecule has 1 atom stereocenters. The molecule has 0 radical (unpaired) electrons. The van der Waals surface area contributed by atoms with Crippen molar-refractivity contribution in [2.45, 2.75) is 19.9 Å². The van der Waals surface area contributed by atoms with E-state index in [4.69, 9.17) is 4.74 Å². The second-order valence-corrected chi connectivity index (χ2v) is 5.59. The number of methoxy groups -OCH3 is 1. The van der Waals surface area contributed by atoms with Crippen molar-refractivity contribution in [3.05, 3.63) is 57.8 Å². The maximum absolute atomic E-state index is 5.51. The van der Waals surface area contributed by atoms with E-state index in [0.29, 0.717) is 0 Å². The number of nitrogens with zero attached hydrogens (tertiary/aromatic N) is 1. The van der Waals surface area contributed by atoms with Crippen LogP contribution in [0.4, 0.5) is 0 Å². The van der Waals surface area contributed by atoms with Gasteiger partial charge in [0.2, 0.25) is 0 Å². The van der Waals surface area contributed by atoms with Gasteiger partial charge in [-0.3, -0.25) is 4.98 Å². The molecule has 1 heterocycles. The Kier molecular flexibility index (Phi) is 5.15. The molecule has 0 fully saturated rings. The summed E-state index contributed by atoms with van der Waals surface area (Å²) in [5.41, 5.74) is 3.42. The fourth-order valence-corrected chi connectivity index (χ4v) is 2.61. The van der Waals surface area contributed by atoms with Gasteiger partial charge in [-0.2, -0.15) is 0 Å². The van der Waals surface area contributed by atoms with Crippen molar-refractivity contribution in [2.24, 2.45) is 0 Å². The summed E-state index contributed by atoms with van der Waals surface area (Å²) >= 11 is 3.48. The summed E-state index contributed by atoms with van der Waals surface area (Å²) in [6, 6.07) is 8.34. The molecular weight excluding hydrogens is 316 g/mol. The van der Waals surface area contributed by atoms with Crippen LogP contribution in [0.2, 0.25) is 0 Å². The Bertz CT molecular complexity index is 586. The zero-order valence-corrected chi connectivity index (χ0v) is 13.6. The van der Waals surface area contributed by atoms with Crippen molar-refractivity contribution in [3.63, 3.8) is 0 Å². The number of aromatic nitrogens is 1. The van der Waals surface area contributed by atoms with E-state index in [2.05, 4.69) is 52.2 Å². The fourth-order valence-electron chi connectivity index (χ4n) is 2.27. The molecule has 0 aliphatic carbocycles. The van der Waals surface area contributed by atoms with Crippen molar-refractivity contribution in [1.29, 1.82) is 0 Å². The lowest BCUT2D eigenvalue weighted by Crippen LogP contribution is -2.22. The lowest BCUT2D eigenvalue weighted by atomic mass is 9.98. The zero-order valence-electron chi connectivity index (χ0n) is 12.0. The maximum Gasteiger partial charge on any atom is 0.125 e. The van der Waals surface area contributed by atoms with Crippen LogP contribution in [0.1, 0.15) is 29.7 Å². The number of aryl methyl sites for hydroxylation is 1. The first-order valence-electron chi connectivity index (χ1n) is 6.64. The van der Waals surface area contributed by atoms with Gasteiger partial charge in [-0.25, -0.2) is 0 Å². The predicted molar refractivity (Wildman–Crippen MR) is 85.2 cm³/mol. The molecule has 3 nitrogen and oxygen atoms in total. The van der Waals surface area contributed by atoms with Crippen molar-refractivity contribution < 1.29 is 4.74 Å². The highest BCUT2D eigenvalue weighted by molar-refractivity contribution is 9.10. The second-order valence-electron chi connectivity index (χ2n) is 4.67. The van der Waals surface area contributed by atoms with Gasteiger partial charge in [-0.15, -0.1) is 0 Å². The van der Waals surface area contributed by atoms with E-state index < -0.39 is 0 Å². The molecule has 1 aromatic carbocycles. The summed E-state index contributed by atoms with van der Waals surface area (Å²) in [4.78, 5) is 4.30. The molecule has 1 N–H and O–H groups in total. The van der Waals surface area contributed by atoms with Gasteiger partial charge in [0.15, 0.2) is 0 Å². The molecule has 2 rings (SSSR count). The van der Waals surface area contributed by atoms with Crippen LogP contribution in [-0.4, -0.2) is 18.6 Å². The first-order chi connectivity index (χ1) is 9.65. The van der Waals surface area contributed by atoms with Crippen LogP contribution >= 0.6 is 15.9 Å². The molecule has 0 amide bonds. The highest BCUT2D eigenvalue weighted by atomic mass is 79.9. The predicted octanol–water partition coefficient (Wildman–Crippen LogP) is 3.86. The standard InChI is InChI=1S/C16H19BrN2O/c1-4-19-16(12-7-11(2)9-18-10-12)14-6-5-13(17)8-15(14)20-3/h5-10,16,19H,4H2,1-3H3. The first kappa shape index (κ1) is 15.0. The Labute approximate surface area is 128 Å². The number of rotatable bonds is 5. The molecule has 1 aromatic heterocycles. The average molecular weight is 335 g/mol. The molecular formula is C16H19BrN2O. The summed E-state index contributed by atoms with van der Waals surface area (Å²) in [6.45, 7) is 5.03. The Morgan fingerprint density at radius 2 is 2.10 bits per heavy atom. The molecule has 0 saturated carbocycles. The van der Waals surface area contributed by atoms with E-state index in [1.54, 1.807) is 7.11 Å². The van der Waals surface area contributed by atoms with Crippen LogP contribution in [0, 0.1) is 6.92 Å². The number of pyridine rings is 1. The Morgan fingerprint density at radius 3 is 2.75 bits per heavy atom. The quantitative estimate of drug-likeness (QED) is 0.901. The van der Waals surface area contributed by atoms with E-state index in [-0.39, 0.29) is 6.04 Å². The zero-order chi connectivity index (χ0) is 14.5. The number of hydrogen-bond donors (Lipinski definition) is 1. The Balaban J connectivity index is 2.48. The fraction of sp³-hybridized carbons (Fsp3) is 0.312. The third kappa shape index (κ3) is 3.38. The van der Waals surface area contributed by atoms with Crippen LogP contribution < -0.4 is 10.1 Å². The largest absolute Gasteiger partial charge is 0.496 e. The van der Waals surface area contributed by atoms with Gasteiger partial charge < -0.3 is 10.1 Å². The van der Waals surface area contributed by atoms with Crippen LogP contribution in [0.15, 0.2) is 41.1 Å². The van der Waals surface area contributed by atoms with Crippen molar-refractivity contribution in [1.82, 2.24) is 10.3 Å². The molecule has 106 valence electrons. The van der Waals surface area contributed by atoms with Crippen LogP contribution in [-0.2, 0) is 0 Å². The van der Waals surface area contributed by atoms with Gasteiger partial charge in [0, 0.05) is 22.4 Å². The number of benzene rings is 1. The summed E-state index contributed by atoms with van der Waals surface area (Å²) in [6.07, 6.45) is 3.77. The van der Waals surface area contributed by atoms with Crippen molar-refractivity contribution in [3.8, 4) is 5.75 Å². The minimum atomic E-state index is 0.0791. The second kappa shape index (κ2) is 6.86. The monoisotopic (exact) mass is 334 g/mol. The molecule has 0 bridgehead atoms. The van der Waals surface area contributed by atoms with Crippen molar-refractivity contribution >= 4 is 15.9 Å². The van der Waals surface area contributed by atoms with Crippen LogP contribution in [0.5, 0.6) is 5.75 Å². The molecule has 0 aliphatic heterocycles. The summed E-state index contributed by atoms with van der Waals surface area (Å²) < 4.78 is 6.52. The highest BCUT2D eigenvalue weighted by Gasteiger charge is 2.18. The summed E-state index contributed by atoms with van der Waals surface area (Å²) in [7, 11) is 1.70. The first-order valence-corrected chi connectivity index (χ1v) is 7.43. The topological polar surface area (TPSA) is 34.2 Å². The minimum Gasteiger partial charge on any atom is -0.496 e. The maximum atomic E-state index is 5.51. The summed E-state index contributed by atoms with van der Waals surface area (Å²) in [5.74, 6) is 0.867. The lowest BCUT2D eigenvalue weighted by molar-refractivity contribution is 0.404. The molecule has 4 heteroatoms. The van der Waals surface area contributed by atoms with E-state index in [0.717, 1.165) is 33.5 Å². The molecule has 1 unspecified atom stereocenters. The lowest BCUT2D eigenvalue weighted by Gasteiger charge is -2.21. The van der Waals surface area contributed by atoms with Gasteiger partial charge in [0.25, 0.3) is 0 Å². The molecule has 0 aliphatic rings. The molecule has 20 heavy (non-hydrogen) atoms.